The molecule has 1 saturated heterocycles. The molecular weight excluding hydrogens is 284 g/mol. The number of piperidine rings is 1. The van der Waals surface area contributed by atoms with Crippen LogP contribution in [0, 0.1) is 5.92 Å². The van der Waals surface area contributed by atoms with Crippen LogP contribution in [0.2, 0.25) is 0 Å². The molecule has 2 fully saturated rings. The molecule has 1 aliphatic heterocycles. The minimum atomic E-state index is 0.341. The number of hydrogen-bond donors (Lipinski definition) is 0. The summed E-state index contributed by atoms with van der Waals surface area (Å²) < 4.78 is 6.36. The number of hydrogen-bond acceptors (Lipinski definition) is 3. The first-order chi connectivity index (χ1) is 11.4. The van der Waals surface area contributed by atoms with Crippen LogP contribution < -0.4 is 4.74 Å². The molecule has 1 saturated carbocycles. The zero-order valence-electron chi connectivity index (χ0n) is 13.5. The van der Waals surface area contributed by atoms with Crippen molar-refractivity contribution in [3.63, 3.8) is 0 Å². The Kier molecular flexibility index (Phi) is 4.29. The molecule has 1 aromatic carbocycles. The molecule has 3 nitrogen and oxygen atoms in total. The number of likely N-dealkylation sites (tertiary alicyclic amines) is 1. The van der Waals surface area contributed by atoms with Gasteiger partial charge in [0.1, 0.15) is 11.9 Å². The molecule has 0 radical (unpaired) electrons. The van der Waals surface area contributed by atoms with E-state index in [4.69, 9.17) is 4.74 Å². The van der Waals surface area contributed by atoms with Crippen LogP contribution in [0.5, 0.6) is 5.75 Å². The van der Waals surface area contributed by atoms with Gasteiger partial charge in [0, 0.05) is 37.6 Å². The molecule has 2 heterocycles. The summed E-state index contributed by atoms with van der Waals surface area (Å²) in [4.78, 5) is 6.72. The van der Waals surface area contributed by atoms with Gasteiger partial charge in [-0.05, 0) is 55.4 Å². The fourth-order valence-electron chi connectivity index (χ4n) is 3.39. The second-order valence-corrected chi connectivity index (χ2v) is 6.79. The van der Waals surface area contributed by atoms with Gasteiger partial charge in [0.2, 0.25) is 0 Å². The Morgan fingerprint density at radius 1 is 0.957 bits per heavy atom. The fourth-order valence-corrected chi connectivity index (χ4v) is 3.39. The van der Waals surface area contributed by atoms with Crippen molar-refractivity contribution in [3.05, 3.63) is 48.8 Å². The van der Waals surface area contributed by atoms with Gasteiger partial charge in [-0.2, -0.15) is 0 Å². The largest absolute Gasteiger partial charge is 0.490 e. The van der Waals surface area contributed by atoms with E-state index < -0.39 is 0 Å². The maximum atomic E-state index is 6.36. The van der Waals surface area contributed by atoms with Crippen LogP contribution in [0.3, 0.4) is 0 Å². The fraction of sp³-hybridized carbons (Fsp3) is 0.450. The number of ether oxygens (including phenoxy) is 1. The third kappa shape index (κ3) is 3.73. The van der Waals surface area contributed by atoms with Crippen LogP contribution in [0.4, 0.5) is 0 Å². The van der Waals surface area contributed by atoms with Crippen molar-refractivity contribution in [2.75, 3.05) is 19.6 Å². The minimum Gasteiger partial charge on any atom is -0.490 e. The van der Waals surface area contributed by atoms with Gasteiger partial charge >= 0.3 is 0 Å². The molecule has 0 spiro atoms. The average molecular weight is 308 g/mol. The quantitative estimate of drug-likeness (QED) is 0.835. The van der Waals surface area contributed by atoms with E-state index in [1.54, 1.807) is 0 Å². The van der Waals surface area contributed by atoms with E-state index in [9.17, 15) is 0 Å². The number of nitrogens with zero attached hydrogens (tertiary/aromatic N) is 2. The molecule has 1 aromatic heterocycles. The van der Waals surface area contributed by atoms with Gasteiger partial charge in [0.15, 0.2) is 0 Å². The first-order valence-corrected chi connectivity index (χ1v) is 8.77. The Morgan fingerprint density at radius 3 is 2.43 bits per heavy atom. The van der Waals surface area contributed by atoms with E-state index in [1.165, 1.54) is 38.0 Å². The van der Waals surface area contributed by atoms with Gasteiger partial charge in [-0.1, -0.05) is 18.2 Å². The minimum absolute atomic E-state index is 0.341. The molecule has 1 aliphatic carbocycles. The second-order valence-electron chi connectivity index (χ2n) is 6.79. The number of para-hydroxylation sites is 1. The molecule has 0 bridgehead atoms. The highest BCUT2D eigenvalue weighted by Crippen LogP contribution is 2.33. The predicted molar refractivity (Wildman–Crippen MR) is 92.5 cm³/mol. The van der Waals surface area contributed by atoms with Crippen molar-refractivity contribution in [2.45, 2.75) is 31.8 Å². The van der Waals surface area contributed by atoms with Crippen molar-refractivity contribution < 1.29 is 4.74 Å². The lowest BCUT2D eigenvalue weighted by Crippen LogP contribution is -2.39. The summed E-state index contributed by atoms with van der Waals surface area (Å²) >= 11 is 0. The highest BCUT2D eigenvalue weighted by molar-refractivity contribution is 5.69. The third-order valence-electron chi connectivity index (χ3n) is 4.92. The summed E-state index contributed by atoms with van der Waals surface area (Å²) in [5.41, 5.74) is 2.33. The third-order valence-corrected chi connectivity index (χ3v) is 4.92. The predicted octanol–water partition coefficient (Wildman–Crippen LogP) is 4.00. The first-order valence-electron chi connectivity index (χ1n) is 8.77. The lowest BCUT2D eigenvalue weighted by Gasteiger charge is -2.32. The molecular formula is C20H24N2O. The molecule has 23 heavy (non-hydrogen) atoms. The summed E-state index contributed by atoms with van der Waals surface area (Å²) in [6.07, 6.45) is 9.17. The highest BCUT2D eigenvalue weighted by atomic mass is 16.5. The van der Waals surface area contributed by atoms with Crippen LogP contribution in [-0.2, 0) is 0 Å². The lowest BCUT2D eigenvalue weighted by atomic mass is 10.0. The molecule has 3 heteroatoms. The lowest BCUT2D eigenvalue weighted by molar-refractivity contribution is 0.0985. The SMILES string of the molecule is c1ccc(-c2ccncc2)c(OC2CCN(CC3CC3)CC2)c1. The van der Waals surface area contributed by atoms with Gasteiger partial charge in [0.25, 0.3) is 0 Å². The summed E-state index contributed by atoms with van der Waals surface area (Å²) in [5, 5.41) is 0. The summed E-state index contributed by atoms with van der Waals surface area (Å²) in [7, 11) is 0. The smallest absolute Gasteiger partial charge is 0.127 e. The van der Waals surface area contributed by atoms with Gasteiger partial charge < -0.3 is 9.64 Å². The monoisotopic (exact) mass is 308 g/mol. The van der Waals surface area contributed by atoms with Crippen molar-refractivity contribution in [2.24, 2.45) is 5.92 Å². The van der Waals surface area contributed by atoms with Crippen molar-refractivity contribution >= 4 is 0 Å². The topological polar surface area (TPSA) is 25.4 Å². The Balaban J connectivity index is 1.41. The van der Waals surface area contributed by atoms with Crippen LogP contribution in [0.1, 0.15) is 25.7 Å². The first kappa shape index (κ1) is 14.7. The molecule has 0 N–H and O–H groups in total. The van der Waals surface area contributed by atoms with Crippen LogP contribution in [0.25, 0.3) is 11.1 Å². The van der Waals surface area contributed by atoms with Crippen molar-refractivity contribution in [1.29, 1.82) is 0 Å². The van der Waals surface area contributed by atoms with Crippen molar-refractivity contribution in [3.8, 4) is 16.9 Å². The Bertz CT molecular complexity index is 631. The average Bonchev–Trinajstić information content (AvgIpc) is 3.42. The second kappa shape index (κ2) is 6.71. The maximum absolute atomic E-state index is 6.36. The van der Waals surface area contributed by atoms with E-state index in [0.29, 0.717) is 6.10 Å². The molecule has 0 unspecified atom stereocenters. The van der Waals surface area contributed by atoms with E-state index in [2.05, 4.69) is 34.1 Å². The maximum Gasteiger partial charge on any atom is 0.127 e. The normalized spacial score (nSPS) is 19.7. The van der Waals surface area contributed by atoms with Crippen LogP contribution in [0.15, 0.2) is 48.8 Å². The Labute approximate surface area is 138 Å². The zero-order valence-corrected chi connectivity index (χ0v) is 13.5. The summed E-state index contributed by atoms with van der Waals surface area (Å²) in [6.45, 7) is 3.66. The van der Waals surface area contributed by atoms with Crippen molar-refractivity contribution in [1.82, 2.24) is 9.88 Å². The molecule has 2 aromatic rings. The highest BCUT2D eigenvalue weighted by Gasteiger charge is 2.27. The molecule has 4 rings (SSSR count). The van der Waals surface area contributed by atoms with Gasteiger partial charge in [-0.25, -0.2) is 0 Å². The number of benzene rings is 1. The molecule has 2 aliphatic rings. The van der Waals surface area contributed by atoms with E-state index >= 15 is 0 Å². The van der Waals surface area contributed by atoms with E-state index in [0.717, 1.165) is 30.1 Å². The standard InChI is InChI=1S/C20H24N2O/c1-2-4-20(19(3-1)17-7-11-21-12-8-17)23-18-9-13-22(14-10-18)15-16-5-6-16/h1-4,7-8,11-12,16,18H,5-6,9-10,13-15H2. The number of aromatic nitrogens is 1. The molecule has 0 amide bonds. The Morgan fingerprint density at radius 2 is 1.70 bits per heavy atom. The zero-order chi connectivity index (χ0) is 15.5. The van der Waals surface area contributed by atoms with Gasteiger partial charge in [0.05, 0.1) is 0 Å². The number of pyridine rings is 1. The summed E-state index contributed by atoms with van der Waals surface area (Å²) in [5.74, 6) is 1.99. The molecule has 120 valence electrons. The van der Waals surface area contributed by atoms with Gasteiger partial charge in [-0.3, -0.25) is 4.98 Å². The van der Waals surface area contributed by atoms with E-state index in [1.807, 2.05) is 24.5 Å². The van der Waals surface area contributed by atoms with Crippen LogP contribution >= 0.6 is 0 Å². The number of rotatable bonds is 5. The summed E-state index contributed by atoms with van der Waals surface area (Å²) in [6, 6.07) is 12.4. The molecule has 0 atom stereocenters. The van der Waals surface area contributed by atoms with Crippen LogP contribution in [-0.4, -0.2) is 35.6 Å². The van der Waals surface area contributed by atoms with Gasteiger partial charge in [-0.15, -0.1) is 0 Å². The van der Waals surface area contributed by atoms with E-state index in [-0.39, 0.29) is 0 Å². The Hall–Kier alpha value is -1.87.